The SMILES string of the molecule is COCCN(CC(=O)N(CCc1ccc(OC)c(OC)c1)Cc1ccco1)C(=O)Nc1ccc(OC)cc1OC. The molecule has 3 amide bonds. The van der Waals surface area contributed by atoms with E-state index >= 15 is 0 Å². The molecule has 3 rings (SSSR count). The molecule has 40 heavy (non-hydrogen) atoms. The van der Waals surface area contributed by atoms with Crippen LogP contribution in [0.25, 0.3) is 0 Å². The van der Waals surface area contributed by atoms with Crippen LogP contribution in [0.2, 0.25) is 0 Å². The van der Waals surface area contributed by atoms with Crippen LogP contribution >= 0.6 is 0 Å². The van der Waals surface area contributed by atoms with Crippen LogP contribution in [-0.4, -0.2) is 83.5 Å². The Morgan fingerprint density at radius 2 is 1.60 bits per heavy atom. The summed E-state index contributed by atoms with van der Waals surface area (Å²) in [6.45, 7) is 0.938. The van der Waals surface area contributed by atoms with Gasteiger partial charge in [0.25, 0.3) is 0 Å². The lowest BCUT2D eigenvalue weighted by molar-refractivity contribution is -0.132. The first kappa shape index (κ1) is 30.2. The van der Waals surface area contributed by atoms with Crippen LogP contribution in [0.15, 0.2) is 59.2 Å². The normalized spacial score (nSPS) is 10.5. The first-order valence-corrected chi connectivity index (χ1v) is 12.7. The Balaban J connectivity index is 1.76. The molecule has 0 bridgehead atoms. The van der Waals surface area contributed by atoms with E-state index in [1.807, 2.05) is 24.3 Å². The van der Waals surface area contributed by atoms with Crippen LogP contribution in [0.4, 0.5) is 10.5 Å². The van der Waals surface area contributed by atoms with Crippen molar-refractivity contribution in [3.05, 3.63) is 66.1 Å². The fraction of sp³-hybridized carbons (Fsp3) is 0.379. The molecule has 0 radical (unpaired) electrons. The maximum Gasteiger partial charge on any atom is 0.322 e. The number of methoxy groups -OCH3 is 5. The van der Waals surface area contributed by atoms with Gasteiger partial charge >= 0.3 is 6.03 Å². The van der Waals surface area contributed by atoms with Crippen molar-refractivity contribution in [2.24, 2.45) is 0 Å². The molecule has 3 aromatic rings. The number of hydrogen-bond donors (Lipinski definition) is 1. The molecule has 2 aromatic carbocycles. The van der Waals surface area contributed by atoms with Crippen molar-refractivity contribution < 1.29 is 37.7 Å². The first-order valence-electron chi connectivity index (χ1n) is 12.7. The van der Waals surface area contributed by atoms with E-state index in [0.29, 0.717) is 47.4 Å². The molecule has 0 saturated carbocycles. The first-order chi connectivity index (χ1) is 19.4. The number of amides is 3. The van der Waals surface area contributed by atoms with Crippen molar-refractivity contribution in [2.45, 2.75) is 13.0 Å². The van der Waals surface area contributed by atoms with Crippen molar-refractivity contribution in [3.63, 3.8) is 0 Å². The molecular formula is C29H37N3O8. The molecule has 0 spiro atoms. The Morgan fingerprint density at radius 1 is 0.825 bits per heavy atom. The van der Waals surface area contributed by atoms with Crippen LogP contribution in [0, 0.1) is 0 Å². The second kappa shape index (κ2) is 15.3. The van der Waals surface area contributed by atoms with Gasteiger partial charge in [0, 0.05) is 26.3 Å². The standard InChI is InChI=1S/C29H37N3O8/c1-35-16-14-32(29(34)30-24-10-9-22(36-2)18-26(24)38-4)20-28(33)31(19-23-7-6-15-40-23)13-12-21-8-11-25(37-3)27(17-21)39-5/h6-11,15,17-18H,12-14,16,19-20H2,1-5H3,(H,30,34). The fourth-order valence-electron chi connectivity index (χ4n) is 4.00. The third kappa shape index (κ3) is 8.31. The number of furan rings is 1. The van der Waals surface area contributed by atoms with Gasteiger partial charge in [0.15, 0.2) is 11.5 Å². The molecule has 1 aromatic heterocycles. The number of carbonyl (C=O) groups is 2. The van der Waals surface area contributed by atoms with Crippen LogP contribution in [0.3, 0.4) is 0 Å². The largest absolute Gasteiger partial charge is 0.497 e. The summed E-state index contributed by atoms with van der Waals surface area (Å²) in [5.74, 6) is 2.65. The zero-order chi connectivity index (χ0) is 28.9. The van der Waals surface area contributed by atoms with Gasteiger partial charge in [-0.25, -0.2) is 4.79 Å². The van der Waals surface area contributed by atoms with E-state index in [2.05, 4.69) is 5.32 Å². The number of benzene rings is 2. The highest BCUT2D eigenvalue weighted by molar-refractivity contribution is 5.93. The van der Waals surface area contributed by atoms with Gasteiger partial charge in [-0.1, -0.05) is 6.07 Å². The summed E-state index contributed by atoms with van der Waals surface area (Å²) in [5, 5.41) is 2.83. The third-order valence-electron chi connectivity index (χ3n) is 6.23. The average molecular weight is 556 g/mol. The molecule has 0 fully saturated rings. The van der Waals surface area contributed by atoms with Crippen LogP contribution < -0.4 is 24.3 Å². The second-order valence-corrected chi connectivity index (χ2v) is 8.74. The third-order valence-corrected chi connectivity index (χ3v) is 6.23. The number of anilines is 1. The Hall–Kier alpha value is -4.38. The summed E-state index contributed by atoms with van der Waals surface area (Å²) < 4.78 is 32.1. The van der Waals surface area contributed by atoms with Gasteiger partial charge in [0.1, 0.15) is 23.8 Å². The number of rotatable bonds is 15. The number of hydrogen-bond acceptors (Lipinski definition) is 8. The van der Waals surface area contributed by atoms with Crippen LogP contribution in [0.1, 0.15) is 11.3 Å². The average Bonchev–Trinajstić information content (AvgIpc) is 3.50. The van der Waals surface area contributed by atoms with Crippen molar-refractivity contribution in [3.8, 4) is 23.0 Å². The van der Waals surface area contributed by atoms with Crippen molar-refractivity contribution in [1.29, 1.82) is 0 Å². The number of carbonyl (C=O) groups excluding carboxylic acids is 2. The van der Waals surface area contributed by atoms with Crippen molar-refractivity contribution in [2.75, 3.05) is 67.1 Å². The van der Waals surface area contributed by atoms with Gasteiger partial charge in [0.2, 0.25) is 5.91 Å². The van der Waals surface area contributed by atoms with Gasteiger partial charge in [0.05, 0.1) is 53.5 Å². The maximum atomic E-state index is 13.6. The fourth-order valence-corrected chi connectivity index (χ4v) is 4.00. The lowest BCUT2D eigenvalue weighted by Crippen LogP contribution is -2.46. The summed E-state index contributed by atoms with van der Waals surface area (Å²) in [6.07, 6.45) is 2.12. The zero-order valence-corrected chi connectivity index (χ0v) is 23.6. The highest BCUT2D eigenvalue weighted by Crippen LogP contribution is 2.30. The molecule has 0 aliphatic heterocycles. The Morgan fingerprint density at radius 3 is 2.25 bits per heavy atom. The molecule has 1 heterocycles. The smallest absolute Gasteiger partial charge is 0.322 e. The lowest BCUT2D eigenvalue weighted by atomic mass is 10.1. The lowest BCUT2D eigenvalue weighted by Gasteiger charge is -2.27. The minimum absolute atomic E-state index is 0.166. The molecule has 1 N–H and O–H groups in total. The molecule has 0 aliphatic carbocycles. The summed E-state index contributed by atoms with van der Waals surface area (Å²) in [5.41, 5.74) is 1.42. The van der Waals surface area contributed by atoms with E-state index in [0.717, 1.165) is 5.56 Å². The monoisotopic (exact) mass is 555 g/mol. The summed E-state index contributed by atoms with van der Waals surface area (Å²) in [6, 6.07) is 13.8. The maximum absolute atomic E-state index is 13.6. The molecule has 0 atom stereocenters. The van der Waals surface area contributed by atoms with Gasteiger partial charge < -0.3 is 43.2 Å². The van der Waals surface area contributed by atoms with Crippen molar-refractivity contribution >= 4 is 17.6 Å². The highest BCUT2D eigenvalue weighted by Gasteiger charge is 2.23. The van der Waals surface area contributed by atoms with Crippen molar-refractivity contribution in [1.82, 2.24) is 9.80 Å². The Labute approximate surface area is 234 Å². The quantitative estimate of drug-likeness (QED) is 0.299. The van der Waals surface area contributed by atoms with Crippen LogP contribution in [-0.2, 0) is 22.5 Å². The topological polar surface area (TPSA) is 112 Å². The number of ether oxygens (including phenoxy) is 5. The molecule has 0 unspecified atom stereocenters. The Bertz CT molecular complexity index is 1230. The zero-order valence-electron chi connectivity index (χ0n) is 23.6. The summed E-state index contributed by atoms with van der Waals surface area (Å²) >= 11 is 0. The number of urea groups is 1. The molecule has 216 valence electrons. The minimum atomic E-state index is -0.466. The molecular weight excluding hydrogens is 518 g/mol. The molecule has 0 saturated heterocycles. The number of nitrogens with zero attached hydrogens (tertiary/aromatic N) is 2. The Kier molecular flexibility index (Phi) is 11.5. The number of nitrogens with one attached hydrogen (secondary N) is 1. The van der Waals surface area contributed by atoms with Gasteiger partial charge in [-0.05, 0) is 48.4 Å². The van der Waals surface area contributed by atoms with Gasteiger partial charge in [-0.3, -0.25) is 4.79 Å². The van der Waals surface area contributed by atoms with E-state index in [1.165, 1.54) is 19.1 Å². The summed E-state index contributed by atoms with van der Waals surface area (Å²) in [4.78, 5) is 29.9. The van der Waals surface area contributed by atoms with E-state index in [4.69, 9.17) is 28.1 Å². The van der Waals surface area contributed by atoms with Gasteiger partial charge in [-0.2, -0.15) is 0 Å². The van der Waals surface area contributed by atoms with E-state index in [1.54, 1.807) is 56.8 Å². The van der Waals surface area contributed by atoms with E-state index in [9.17, 15) is 9.59 Å². The predicted octanol–water partition coefficient (Wildman–Crippen LogP) is 4.07. The van der Waals surface area contributed by atoms with Gasteiger partial charge in [-0.15, -0.1) is 0 Å². The molecule has 11 nitrogen and oxygen atoms in total. The predicted molar refractivity (Wildman–Crippen MR) is 149 cm³/mol. The second-order valence-electron chi connectivity index (χ2n) is 8.74. The van der Waals surface area contributed by atoms with E-state index < -0.39 is 6.03 Å². The van der Waals surface area contributed by atoms with E-state index in [-0.39, 0.29) is 32.1 Å². The van der Waals surface area contributed by atoms with Crippen LogP contribution in [0.5, 0.6) is 23.0 Å². The highest BCUT2D eigenvalue weighted by atomic mass is 16.5. The molecule has 11 heteroatoms. The minimum Gasteiger partial charge on any atom is -0.497 e. The summed E-state index contributed by atoms with van der Waals surface area (Å²) in [7, 11) is 7.75. The molecule has 0 aliphatic rings.